The van der Waals surface area contributed by atoms with Crippen LogP contribution in [0.3, 0.4) is 0 Å². The molecule has 1 amide bonds. The first kappa shape index (κ1) is 21.7. The van der Waals surface area contributed by atoms with Gasteiger partial charge in [0.25, 0.3) is 0 Å². The Labute approximate surface area is 185 Å². The number of alkyl halides is 3. The van der Waals surface area contributed by atoms with Crippen molar-refractivity contribution >= 4 is 39.1 Å². The Bertz CT molecular complexity index is 1230. The van der Waals surface area contributed by atoms with Crippen molar-refractivity contribution in [3.63, 3.8) is 0 Å². The topological polar surface area (TPSA) is 71.0 Å². The van der Waals surface area contributed by atoms with Gasteiger partial charge in [-0.3, -0.25) is 4.79 Å². The first-order chi connectivity index (χ1) is 15.3. The second-order valence-corrected chi connectivity index (χ2v) is 8.07. The monoisotopic (exact) mass is 457 g/mol. The number of nitrogens with zero attached hydrogens (tertiary/aromatic N) is 4. The molecular weight excluding hydrogens is 439 g/mol. The van der Waals surface area contributed by atoms with E-state index >= 15 is 0 Å². The minimum atomic E-state index is -4.47. The zero-order chi connectivity index (χ0) is 22.7. The van der Waals surface area contributed by atoms with Gasteiger partial charge in [-0.25, -0.2) is 15.0 Å². The molecule has 3 aromatic heterocycles. The third-order valence-electron chi connectivity index (χ3n) is 4.76. The third kappa shape index (κ3) is 4.86. The van der Waals surface area contributed by atoms with Crippen molar-refractivity contribution in [3.8, 4) is 10.4 Å². The number of thiophene rings is 1. The molecule has 32 heavy (non-hydrogen) atoms. The number of carbonyl (C=O) groups is 1. The fraction of sp³-hybridized carbons (Fsp3) is 0.182. The molecule has 3 heterocycles. The summed E-state index contributed by atoms with van der Waals surface area (Å²) in [5, 5.41) is 3.41. The SMILES string of the molecule is CN(CCC(=O)Nc1ccc(C(F)(F)F)cn1)c1ncnc2sc(-c3ccccc3)cc12. The molecule has 1 aromatic carbocycles. The number of carbonyl (C=O) groups excluding carboxylic acids is 1. The van der Waals surface area contributed by atoms with Crippen LogP contribution in [0.1, 0.15) is 12.0 Å². The first-order valence-electron chi connectivity index (χ1n) is 9.65. The fourth-order valence-corrected chi connectivity index (χ4v) is 4.11. The molecule has 1 N–H and O–H groups in total. The molecule has 6 nitrogen and oxygen atoms in total. The summed E-state index contributed by atoms with van der Waals surface area (Å²) in [4.78, 5) is 28.4. The number of hydrogen-bond donors (Lipinski definition) is 1. The minimum absolute atomic E-state index is 0.0698. The number of hydrogen-bond acceptors (Lipinski definition) is 6. The van der Waals surface area contributed by atoms with Crippen molar-refractivity contribution in [1.82, 2.24) is 15.0 Å². The normalized spacial score (nSPS) is 11.5. The molecule has 164 valence electrons. The second kappa shape index (κ2) is 8.91. The molecule has 0 atom stereocenters. The number of fused-ring (bicyclic) bond motifs is 1. The quantitative estimate of drug-likeness (QED) is 0.429. The lowest BCUT2D eigenvalue weighted by Gasteiger charge is -2.18. The van der Waals surface area contributed by atoms with E-state index in [1.54, 1.807) is 11.3 Å². The highest BCUT2D eigenvalue weighted by Crippen LogP contribution is 2.35. The predicted octanol–water partition coefficient (Wildman–Crippen LogP) is 5.24. The van der Waals surface area contributed by atoms with Gasteiger partial charge in [-0.05, 0) is 23.8 Å². The summed E-state index contributed by atoms with van der Waals surface area (Å²) in [5.41, 5.74) is 0.223. The zero-order valence-corrected chi connectivity index (χ0v) is 17.7. The van der Waals surface area contributed by atoms with Gasteiger partial charge in [-0.1, -0.05) is 30.3 Å². The van der Waals surface area contributed by atoms with Gasteiger partial charge in [-0.2, -0.15) is 13.2 Å². The Morgan fingerprint density at radius 2 is 1.88 bits per heavy atom. The van der Waals surface area contributed by atoms with E-state index in [4.69, 9.17) is 0 Å². The molecule has 0 aliphatic heterocycles. The molecule has 0 aliphatic rings. The van der Waals surface area contributed by atoms with Gasteiger partial charge in [0.15, 0.2) is 0 Å². The predicted molar refractivity (Wildman–Crippen MR) is 119 cm³/mol. The van der Waals surface area contributed by atoms with Crippen LogP contribution in [-0.4, -0.2) is 34.5 Å². The summed E-state index contributed by atoms with van der Waals surface area (Å²) in [6.07, 6.45) is -2.17. The van der Waals surface area contributed by atoms with E-state index in [1.807, 2.05) is 48.3 Å². The van der Waals surface area contributed by atoms with Crippen molar-refractivity contribution < 1.29 is 18.0 Å². The van der Waals surface area contributed by atoms with Crippen LogP contribution < -0.4 is 10.2 Å². The molecular formula is C22H18F3N5OS. The molecule has 0 spiro atoms. The van der Waals surface area contributed by atoms with E-state index < -0.39 is 11.7 Å². The number of halogens is 3. The molecule has 0 fully saturated rings. The maximum atomic E-state index is 12.6. The fourth-order valence-electron chi connectivity index (χ4n) is 3.11. The first-order valence-corrected chi connectivity index (χ1v) is 10.5. The van der Waals surface area contributed by atoms with E-state index in [9.17, 15) is 18.0 Å². The molecule has 0 radical (unpaired) electrons. The summed E-state index contributed by atoms with van der Waals surface area (Å²) < 4.78 is 37.9. The van der Waals surface area contributed by atoms with Crippen LogP contribution in [0, 0.1) is 0 Å². The Hall–Kier alpha value is -3.53. The van der Waals surface area contributed by atoms with Crippen LogP contribution in [-0.2, 0) is 11.0 Å². The van der Waals surface area contributed by atoms with Gasteiger partial charge in [0.2, 0.25) is 5.91 Å². The van der Waals surface area contributed by atoms with Crippen molar-refractivity contribution in [3.05, 3.63) is 66.6 Å². The van der Waals surface area contributed by atoms with Gasteiger partial charge in [-0.15, -0.1) is 11.3 Å². The lowest BCUT2D eigenvalue weighted by atomic mass is 10.2. The molecule has 0 saturated carbocycles. The van der Waals surface area contributed by atoms with Gasteiger partial charge >= 0.3 is 6.18 Å². The second-order valence-electron chi connectivity index (χ2n) is 7.04. The molecule has 0 saturated heterocycles. The van der Waals surface area contributed by atoms with E-state index in [2.05, 4.69) is 20.3 Å². The summed E-state index contributed by atoms with van der Waals surface area (Å²) in [6, 6.07) is 14.0. The lowest BCUT2D eigenvalue weighted by Crippen LogP contribution is -2.25. The molecule has 4 rings (SSSR count). The largest absolute Gasteiger partial charge is 0.417 e. The summed E-state index contributed by atoms with van der Waals surface area (Å²) in [5.74, 6) is 0.416. The van der Waals surface area contributed by atoms with E-state index in [1.165, 1.54) is 6.33 Å². The third-order valence-corrected chi connectivity index (χ3v) is 5.85. The highest BCUT2D eigenvalue weighted by atomic mass is 32.1. The summed E-state index contributed by atoms with van der Waals surface area (Å²) in [6.45, 7) is 0.356. The number of benzene rings is 1. The van der Waals surface area contributed by atoms with E-state index in [0.717, 1.165) is 32.8 Å². The van der Waals surface area contributed by atoms with Crippen molar-refractivity contribution in [2.75, 3.05) is 23.8 Å². The number of rotatable bonds is 6. The van der Waals surface area contributed by atoms with Crippen molar-refractivity contribution in [2.45, 2.75) is 12.6 Å². The van der Waals surface area contributed by atoms with Crippen LogP contribution in [0.5, 0.6) is 0 Å². The molecule has 0 aliphatic carbocycles. The Balaban J connectivity index is 1.42. The molecule has 0 unspecified atom stereocenters. The molecule has 10 heteroatoms. The highest BCUT2D eigenvalue weighted by Gasteiger charge is 2.30. The number of amides is 1. The van der Waals surface area contributed by atoms with E-state index in [0.29, 0.717) is 18.6 Å². The molecule has 4 aromatic rings. The van der Waals surface area contributed by atoms with Gasteiger partial charge < -0.3 is 10.2 Å². The average Bonchev–Trinajstić information content (AvgIpc) is 3.22. The van der Waals surface area contributed by atoms with Crippen LogP contribution in [0.25, 0.3) is 20.7 Å². The average molecular weight is 457 g/mol. The Morgan fingerprint density at radius 1 is 1.09 bits per heavy atom. The zero-order valence-electron chi connectivity index (χ0n) is 16.9. The van der Waals surface area contributed by atoms with Crippen LogP contribution in [0.15, 0.2) is 61.1 Å². The summed E-state index contributed by atoms with van der Waals surface area (Å²) in [7, 11) is 1.82. The van der Waals surface area contributed by atoms with Crippen LogP contribution in [0.4, 0.5) is 24.8 Å². The minimum Gasteiger partial charge on any atom is -0.359 e. The Morgan fingerprint density at radius 3 is 2.56 bits per heavy atom. The number of nitrogens with one attached hydrogen (secondary N) is 1. The standard InChI is InChI=1S/C22H18F3N5OS/c1-30(10-9-19(31)29-18-8-7-15(12-26-18)22(23,24)25)20-16-11-17(14-5-3-2-4-6-14)32-21(16)28-13-27-20/h2-8,11-13H,9-10H2,1H3,(H,26,29,31). The van der Waals surface area contributed by atoms with Crippen LogP contribution in [0.2, 0.25) is 0 Å². The Kier molecular flexibility index (Phi) is 6.04. The van der Waals surface area contributed by atoms with E-state index in [-0.39, 0.29) is 18.1 Å². The van der Waals surface area contributed by atoms with Gasteiger partial charge in [0.1, 0.15) is 22.8 Å². The van der Waals surface area contributed by atoms with Crippen molar-refractivity contribution in [2.24, 2.45) is 0 Å². The lowest BCUT2D eigenvalue weighted by molar-refractivity contribution is -0.137. The maximum Gasteiger partial charge on any atom is 0.417 e. The highest BCUT2D eigenvalue weighted by molar-refractivity contribution is 7.21. The van der Waals surface area contributed by atoms with Crippen LogP contribution >= 0.6 is 11.3 Å². The smallest absolute Gasteiger partial charge is 0.359 e. The van der Waals surface area contributed by atoms with Crippen molar-refractivity contribution in [1.29, 1.82) is 0 Å². The maximum absolute atomic E-state index is 12.6. The van der Waals surface area contributed by atoms with Gasteiger partial charge in [0, 0.05) is 31.1 Å². The summed E-state index contributed by atoms with van der Waals surface area (Å²) >= 11 is 1.57. The number of aromatic nitrogens is 3. The number of anilines is 2. The van der Waals surface area contributed by atoms with Gasteiger partial charge in [0.05, 0.1) is 10.9 Å². The number of pyridine rings is 1. The molecule has 0 bridgehead atoms.